The number of carbonyl (C=O) groups is 2. The molecule has 0 aliphatic carbocycles. The molecule has 0 amide bonds. The minimum atomic E-state index is -4.72. The van der Waals surface area contributed by atoms with Crippen LogP contribution in [0.3, 0.4) is 0 Å². The number of hydrogen-bond acceptors (Lipinski definition) is 6. The third-order valence-corrected chi connectivity index (χ3v) is 5.44. The fourth-order valence-electron chi connectivity index (χ4n) is 1.75. The van der Waals surface area contributed by atoms with E-state index >= 15 is 0 Å². The summed E-state index contributed by atoms with van der Waals surface area (Å²) in [6.07, 6.45) is 0. The van der Waals surface area contributed by atoms with Gasteiger partial charge in [-0.2, -0.15) is 8.78 Å². The molecule has 5 nitrogen and oxygen atoms in total. The molecule has 0 aliphatic heterocycles. The first-order valence-corrected chi connectivity index (χ1v) is 8.97. The van der Waals surface area contributed by atoms with Gasteiger partial charge in [0.1, 0.15) is 0 Å². The van der Waals surface area contributed by atoms with Gasteiger partial charge in [0.2, 0.25) is 15.6 Å². The van der Waals surface area contributed by atoms with Gasteiger partial charge in [0.15, 0.2) is 6.61 Å². The highest BCUT2D eigenvalue weighted by Gasteiger charge is 2.26. The Bertz CT molecular complexity index is 854. The molecule has 1 aromatic heterocycles. The van der Waals surface area contributed by atoms with Crippen LogP contribution in [0.2, 0.25) is 0 Å². The molecule has 0 saturated heterocycles. The average molecular weight is 374 g/mol. The summed E-state index contributed by atoms with van der Waals surface area (Å²) in [6, 6.07) is 7.28. The lowest BCUT2D eigenvalue weighted by Crippen LogP contribution is -2.14. The van der Waals surface area contributed by atoms with E-state index in [0.29, 0.717) is 4.88 Å². The van der Waals surface area contributed by atoms with Crippen LogP contribution >= 0.6 is 11.3 Å². The van der Waals surface area contributed by atoms with Crippen molar-refractivity contribution in [2.75, 3.05) is 6.61 Å². The van der Waals surface area contributed by atoms with Crippen LogP contribution in [-0.4, -0.2) is 32.5 Å². The summed E-state index contributed by atoms with van der Waals surface area (Å²) in [5.74, 6) is -4.75. The topological polar surface area (TPSA) is 77.5 Å². The molecule has 0 fully saturated rings. The molecule has 0 radical (unpaired) electrons. The number of alkyl halides is 2. The summed E-state index contributed by atoms with van der Waals surface area (Å²) in [5, 5.41) is 0. The summed E-state index contributed by atoms with van der Waals surface area (Å²) in [6.45, 7) is 1.37. The van der Waals surface area contributed by atoms with E-state index in [2.05, 4.69) is 0 Å². The Morgan fingerprint density at radius 2 is 1.75 bits per heavy atom. The van der Waals surface area contributed by atoms with Gasteiger partial charge in [0.05, 0.1) is 15.3 Å². The van der Waals surface area contributed by atoms with Gasteiger partial charge in [-0.1, -0.05) is 0 Å². The highest BCUT2D eigenvalue weighted by molar-refractivity contribution is 7.91. The second-order valence-corrected chi connectivity index (χ2v) is 7.95. The molecule has 2 rings (SSSR count). The molecular weight excluding hydrogens is 362 g/mol. The van der Waals surface area contributed by atoms with Crippen molar-refractivity contribution in [3.8, 4) is 0 Å². The molecule has 2 aromatic rings. The minimum Gasteiger partial charge on any atom is -0.454 e. The molecule has 0 spiro atoms. The van der Waals surface area contributed by atoms with Crippen molar-refractivity contribution in [3.63, 3.8) is 0 Å². The Balaban J connectivity index is 2.02. The van der Waals surface area contributed by atoms with Gasteiger partial charge in [-0.05, 0) is 43.3 Å². The van der Waals surface area contributed by atoms with Crippen molar-refractivity contribution < 1.29 is 31.5 Å². The van der Waals surface area contributed by atoms with E-state index in [0.717, 1.165) is 29.1 Å². The lowest BCUT2D eigenvalue weighted by atomic mass is 10.2. The maximum atomic E-state index is 12.4. The molecule has 0 N–H and O–H groups in total. The molecular formula is C15H12F2O5S2. The lowest BCUT2D eigenvalue weighted by molar-refractivity contribution is 0.0475. The van der Waals surface area contributed by atoms with E-state index in [-0.39, 0.29) is 11.3 Å². The lowest BCUT2D eigenvalue weighted by Gasteiger charge is -2.05. The smallest absolute Gasteiger partial charge is 0.341 e. The largest absolute Gasteiger partial charge is 0.454 e. The second kappa shape index (κ2) is 7.18. The number of carbonyl (C=O) groups excluding carboxylic acids is 2. The Morgan fingerprint density at radius 3 is 2.25 bits per heavy atom. The van der Waals surface area contributed by atoms with Crippen LogP contribution in [0.15, 0.2) is 41.3 Å². The quantitative estimate of drug-likeness (QED) is 0.574. The normalized spacial score (nSPS) is 11.5. The van der Waals surface area contributed by atoms with Gasteiger partial charge in [0.25, 0.3) is 0 Å². The van der Waals surface area contributed by atoms with Crippen molar-refractivity contribution in [2.45, 2.75) is 17.6 Å². The van der Waals surface area contributed by atoms with Gasteiger partial charge >= 0.3 is 11.7 Å². The van der Waals surface area contributed by atoms with Crippen molar-refractivity contribution in [1.82, 2.24) is 0 Å². The van der Waals surface area contributed by atoms with Gasteiger partial charge in [0, 0.05) is 4.88 Å². The standard InChI is InChI=1S/C15H12F2O5S2/c1-9-2-7-13(23-9)12(18)8-22-14(19)10-3-5-11(6-4-10)24(20,21)15(16)17/h2-7,15H,8H2,1H3. The Labute approximate surface area is 140 Å². The molecule has 0 saturated carbocycles. The number of ether oxygens (including phenoxy) is 1. The zero-order valence-corrected chi connectivity index (χ0v) is 14.0. The Morgan fingerprint density at radius 1 is 1.12 bits per heavy atom. The third-order valence-electron chi connectivity index (χ3n) is 3.00. The fraction of sp³-hybridized carbons (Fsp3) is 0.200. The van der Waals surface area contributed by atoms with E-state index in [1.165, 1.54) is 11.3 Å². The predicted octanol–water partition coefficient (Wildman–Crippen LogP) is 3.09. The second-order valence-electron chi connectivity index (χ2n) is 4.74. The van der Waals surface area contributed by atoms with Crippen LogP contribution in [0.4, 0.5) is 8.78 Å². The van der Waals surface area contributed by atoms with Crippen molar-refractivity contribution >= 4 is 32.9 Å². The van der Waals surface area contributed by atoms with E-state index in [9.17, 15) is 26.8 Å². The molecule has 1 heterocycles. The number of benzene rings is 1. The number of esters is 1. The number of hydrogen-bond donors (Lipinski definition) is 0. The number of halogens is 2. The van der Waals surface area contributed by atoms with Crippen LogP contribution in [-0.2, 0) is 14.6 Å². The molecule has 0 unspecified atom stereocenters. The van der Waals surface area contributed by atoms with E-state index in [1.807, 2.05) is 6.92 Å². The minimum absolute atomic E-state index is 0.0432. The van der Waals surface area contributed by atoms with Crippen LogP contribution in [0, 0.1) is 6.92 Å². The van der Waals surface area contributed by atoms with E-state index in [4.69, 9.17) is 4.74 Å². The maximum absolute atomic E-state index is 12.4. The van der Waals surface area contributed by atoms with Crippen LogP contribution < -0.4 is 0 Å². The van der Waals surface area contributed by atoms with Gasteiger partial charge in [-0.15, -0.1) is 11.3 Å². The molecule has 1 aromatic carbocycles. The zero-order chi connectivity index (χ0) is 17.9. The summed E-state index contributed by atoms with van der Waals surface area (Å²) < 4.78 is 52.2. The monoisotopic (exact) mass is 374 g/mol. The van der Waals surface area contributed by atoms with Crippen LogP contribution in [0.25, 0.3) is 0 Å². The third kappa shape index (κ3) is 4.04. The van der Waals surface area contributed by atoms with Crippen LogP contribution in [0.1, 0.15) is 24.9 Å². The number of thiophene rings is 1. The number of Topliss-reactive ketones (excluding diaryl/α,β-unsaturated/α-hetero) is 1. The number of aryl methyl sites for hydroxylation is 1. The zero-order valence-electron chi connectivity index (χ0n) is 12.4. The molecule has 0 atom stereocenters. The van der Waals surface area contributed by atoms with Gasteiger partial charge in [-0.3, -0.25) is 4.79 Å². The average Bonchev–Trinajstić information content (AvgIpc) is 2.98. The molecule has 128 valence electrons. The maximum Gasteiger partial charge on any atom is 0.341 e. The molecule has 0 bridgehead atoms. The van der Waals surface area contributed by atoms with Gasteiger partial charge < -0.3 is 4.74 Å². The molecule has 0 aliphatic rings. The van der Waals surface area contributed by atoms with Crippen molar-refractivity contribution in [3.05, 3.63) is 51.7 Å². The van der Waals surface area contributed by atoms with E-state index < -0.39 is 33.1 Å². The predicted molar refractivity (Wildman–Crippen MR) is 83.3 cm³/mol. The van der Waals surface area contributed by atoms with Crippen molar-refractivity contribution in [1.29, 1.82) is 0 Å². The highest BCUT2D eigenvalue weighted by Crippen LogP contribution is 2.19. The van der Waals surface area contributed by atoms with E-state index in [1.54, 1.807) is 12.1 Å². The number of sulfone groups is 1. The summed E-state index contributed by atoms with van der Waals surface area (Å²) in [7, 11) is -4.72. The van der Waals surface area contributed by atoms with Crippen LogP contribution in [0.5, 0.6) is 0 Å². The fourth-order valence-corrected chi connectivity index (χ4v) is 3.27. The summed E-state index contributed by atoms with van der Waals surface area (Å²) in [4.78, 5) is 24.4. The number of ketones is 1. The Kier molecular flexibility index (Phi) is 5.45. The molecule has 9 heteroatoms. The van der Waals surface area contributed by atoms with Crippen molar-refractivity contribution in [2.24, 2.45) is 0 Å². The van der Waals surface area contributed by atoms with Gasteiger partial charge in [-0.25, -0.2) is 13.2 Å². The summed E-state index contributed by atoms with van der Waals surface area (Å²) in [5.41, 5.74) is -0.0432. The first-order valence-electron chi connectivity index (χ1n) is 6.60. The first kappa shape index (κ1) is 18.2. The summed E-state index contributed by atoms with van der Waals surface area (Å²) >= 11 is 1.27. The Hall–Kier alpha value is -2.13. The molecule has 24 heavy (non-hydrogen) atoms. The number of rotatable bonds is 6. The highest BCUT2D eigenvalue weighted by atomic mass is 32.2. The SMILES string of the molecule is Cc1ccc(C(=O)COC(=O)c2ccc(S(=O)(=O)C(F)F)cc2)s1. The first-order chi connectivity index (χ1) is 11.2.